The summed E-state index contributed by atoms with van der Waals surface area (Å²) in [6, 6.07) is 11.7. The molecule has 3 nitrogen and oxygen atoms in total. The van der Waals surface area contributed by atoms with Gasteiger partial charge in [0.05, 0.1) is 23.3 Å². The molecule has 1 aliphatic heterocycles. The van der Waals surface area contributed by atoms with Gasteiger partial charge in [-0.3, -0.25) is 0 Å². The Bertz CT molecular complexity index is 1200. The number of alkyl halides is 2. The molecular formula is C29H30Cl3F2NO2. The van der Waals surface area contributed by atoms with Crippen LogP contribution in [0.25, 0.3) is 0 Å². The summed E-state index contributed by atoms with van der Waals surface area (Å²) in [5.74, 6) is -3.07. The molecule has 2 aromatic rings. The minimum Gasteiger partial charge on any atom is -0.369 e. The summed E-state index contributed by atoms with van der Waals surface area (Å²) in [4.78, 5) is 0. The molecule has 1 aliphatic carbocycles. The second kappa shape index (κ2) is 12.0. The second-order valence-electron chi connectivity index (χ2n) is 9.54. The van der Waals surface area contributed by atoms with E-state index in [0.717, 1.165) is 41.1 Å². The Hall–Kier alpha value is -1.73. The Balaban J connectivity index is 1.57. The zero-order valence-corrected chi connectivity index (χ0v) is 22.9. The zero-order chi connectivity index (χ0) is 26.6. The Labute approximate surface area is 232 Å². The fourth-order valence-electron chi connectivity index (χ4n) is 4.71. The molecule has 198 valence electrons. The minimum atomic E-state index is -3.07. The van der Waals surface area contributed by atoms with E-state index in [2.05, 4.69) is 11.9 Å². The fourth-order valence-corrected chi connectivity index (χ4v) is 5.19. The molecule has 1 heterocycles. The van der Waals surface area contributed by atoms with Crippen molar-refractivity contribution < 1.29 is 18.3 Å². The maximum atomic E-state index is 14.4. The molecule has 2 atom stereocenters. The quantitative estimate of drug-likeness (QED) is 0.308. The molecule has 2 aliphatic rings. The van der Waals surface area contributed by atoms with Crippen molar-refractivity contribution >= 4 is 34.8 Å². The zero-order valence-electron chi connectivity index (χ0n) is 20.6. The summed E-state index contributed by atoms with van der Waals surface area (Å²) < 4.78 is 41.8. The lowest BCUT2D eigenvalue weighted by atomic mass is 9.78. The maximum absolute atomic E-state index is 14.4. The van der Waals surface area contributed by atoms with Crippen LogP contribution in [0.4, 0.5) is 8.78 Å². The monoisotopic (exact) mass is 567 g/mol. The Kier molecular flexibility index (Phi) is 9.16. The van der Waals surface area contributed by atoms with Crippen LogP contribution >= 0.6 is 34.8 Å². The average molecular weight is 569 g/mol. The van der Waals surface area contributed by atoms with Crippen molar-refractivity contribution in [1.29, 1.82) is 0 Å². The molecule has 1 fully saturated rings. The van der Waals surface area contributed by atoms with Crippen LogP contribution in [-0.2, 0) is 28.6 Å². The molecule has 8 heteroatoms. The topological polar surface area (TPSA) is 30.5 Å². The maximum Gasteiger partial charge on any atom is 0.294 e. The van der Waals surface area contributed by atoms with Gasteiger partial charge in [-0.2, -0.15) is 8.78 Å². The third kappa shape index (κ3) is 6.47. The van der Waals surface area contributed by atoms with Crippen molar-refractivity contribution in [3.8, 4) is 0 Å². The lowest BCUT2D eigenvalue weighted by Crippen LogP contribution is -2.58. The minimum absolute atomic E-state index is 0.0852. The predicted octanol–water partition coefficient (Wildman–Crippen LogP) is 8.34. The Morgan fingerprint density at radius 2 is 1.76 bits per heavy atom. The molecular weight excluding hydrogens is 539 g/mol. The second-order valence-corrected chi connectivity index (χ2v) is 10.8. The molecule has 0 spiro atoms. The van der Waals surface area contributed by atoms with E-state index in [4.69, 9.17) is 44.3 Å². The number of hydrogen-bond donors (Lipinski definition) is 1. The van der Waals surface area contributed by atoms with Gasteiger partial charge in [-0.05, 0) is 73.2 Å². The van der Waals surface area contributed by atoms with Gasteiger partial charge in [0.15, 0.2) is 0 Å². The number of ether oxygens (including phenoxy) is 2. The van der Waals surface area contributed by atoms with Crippen LogP contribution in [0.2, 0.25) is 10.0 Å². The van der Waals surface area contributed by atoms with Gasteiger partial charge in [-0.25, -0.2) is 0 Å². The molecule has 0 radical (unpaired) electrons. The number of piperidine rings is 1. The highest BCUT2D eigenvalue weighted by atomic mass is 35.5. The molecule has 2 aromatic carbocycles. The largest absolute Gasteiger partial charge is 0.369 e. The van der Waals surface area contributed by atoms with Crippen molar-refractivity contribution in [3.63, 3.8) is 0 Å². The first kappa shape index (κ1) is 28.3. The summed E-state index contributed by atoms with van der Waals surface area (Å²) in [5.41, 5.74) is 1.84. The number of nitrogens with one attached hydrogen (secondary N) is 1. The average Bonchev–Trinajstić information content (AvgIpc) is 2.89. The number of allylic oxidation sites excluding steroid dienone is 4. The van der Waals surface area contributed by atoms with Crippen LogP contribution < -0.4 is 5.32 Å². The summed E-state index contributed by atoms with van der Waals surface area (Å²) in [6.45, 7) is 6.68. The first-order valence-corrected chi connectivity index (χ1v) is 13.3. The molecule has 4 rings (SSSR count). The first-order chi connectivity index (χ1) is 17.6. The van der Waals surface area contributed by atoms with Crippen LogP contribution in [0.3, 0.4) is 0 Å². The van der Waals surface area contributed by atoms with Gasteiger partial charge in [-0.15, -0.1) is 0 Å². The summed E-state index contributed by atoms with van der Waals surface area (Å²) in [7, 11) is 0. The highest BCUT2D eigenvalue weighted by molar-refractivity contribution is 6.42. The molecule has 1 N–H and O–H groups in total. The van der Waals surface area contributed by atoms with Crippen molar-refractivity contribution in [2.45, 2.75) is 57.0 Å². The van der Waals surface area contributed by atoms with Crippen LogP contribution in [0.15, 0.2) is 77.4 Å². The smallest absolute Gasteiger partial charge is 0.294 e. The number of hydrogen-bond acceptors (Lipinski definition) is 3. The Morgan fingerprint density at radius 3 is 2.41 bits per heavy atom. The third-order valence-electron chi connectivity index (χ3n) is 6.95. The van der Waals surface area contributed by atoms with E-state index in [-0.39, 0.29) is 23.8 Å². The van der Waals surface area contributed by atoms with Crippen molar-refractivity contribution in [2.75, 3.05) is 13.1 Å². The van der Waals surface area contributed by atoms with E-state index in [1.165, 1.54) is 19.1 Å². The standard InChI is InChI=1S/C29H30Cl3F2NO2/c1-19(2)29(33,34)23-6-3-20(4-7-23)18-37-28(22-8-10-24(30)11-9-22)13-14-35-16-27(28)36-17-21-5-12-25(31)26(32)15-21/h3-8,10,12,15,27,35H,1,9,11,13-14,16-18H2,2H3. The summed E-state index contributed by atoms with van der Waals surface area (Å²) in [5, 5.41) is 5.18. The molecule has 37 heavy (non-hydrogen) atoms. The van der Waals surface area contributed by atoms with Crippen LogP contribution in [0.5, 0.6) is 0 Å². The molecule has 1 saturated heterocycles. The normalized spacial score (nSPS) is 22.4. The molecule has 0 aromatic heterocycles. The van der Waals surface area contributed by atoms with Gasteiger partial charge in [0.1, 0.15) is 11.7 Å². The predicted molar refractivity (Wildman–Crippen MR) is 146 cm³/mol. The summed E-state index contributed by atoms with van der Waals surface area (Å²) >= 11 is 18.5. The molecule has 0 bridgehead atoms. The van der Waals surface area contributed by atoms with Crippen LogP contribution in [0, 0.1) is 0 Å². The van der Waals surface area contributed by atoms with Crippen molar-refractivity contribution in [1.82, 2.24) is 5.32 Å². The fraction of sp³-hybridized carbons (Fsp3) is 0.379. The lowest BCUT2D eigenvalue weighted by Gasteiger charge is -2.46. The van der Waals surface area contributed by atoms with Gasteiger partial charge in [0.25, 0.3) is 5.92 Å². The SMILES string of the molecule is C=C(C)C(F)(F)c1ccc(COC2(C3=CC=C(Cl)CC3)CCNCC2OCc2ccc(Cl)c(Cl)c2)cc1. The number of benzene rings is 2. The highest BCUT2D eigenvalue weighted by Crippen LogP contribution is 2.40. The molecule has 2 unspecified atom stereocenters. The van der Waals surface area contributed by atoms with Gasteiger partial charge in [0, 0.05) is 17.1 Å². The van der Waals surface area contributed by atoms with Gasteiger partial charge >= 0.3 is 0 Å². The van der Waals surface area contributed by atoms with Crippen LogP contribution in [0.1, 0.15) is 42.9 Å². The van der Waals surface area contributed by atoms with E-state index in [1.807, 2.05) is 18.2 Å². The van der Waals surface area contributed by atoms with Gasteiger partial charge in [0.2, 0.25) is 0 Å². The Morgan fingerprint density at radius 1 is 1.03 bits per heavy atom. The van der Waals surface area contributed by atoms with E-state index in [0.29, 0.717) is 29.6 Å². The number of halogens is 5. The van der Waals surface area contributed by atoms with Crippen molar-refractivity contribution in [2.24, 2.45) is 0 Å². The lowest BCUT2D eigenvalue weighted by molar-refractivity contribution is -0.150. The van der Waals surface area contributed by atoms with Crippen LogP contribution in [-0.4, -0.2) is 24.8 Å². The van der Waals surface area contributed by atoms with E-state index in [1.54, 1.807) is 24.3 Å². The van der Waals surface area contributed by atoms with Crippen molar-refractivity contribution in [3.05, 3.63) is 104 Å². The first-order valence-electron chi connectivity index (χ1n) is 12.2. The summed E-state index contributed by atoms with van der Waals surface area (Å²) in [6.07, 6.45) is 5.84. The third-order valence-corrected chi connectivity index (χ3v) is 8.00. The van der Waals surface area contributed by atoms with Gasteiger partial charge < -0.3 is 14.8 Å². The van der Waals surface area contributed by atoms with E-state index in [9.17, 15) is 8.78 Å². The molecule has 0 amide bonds. The number of rotatable bonds is 9. The van der Waals surface area contributed by atoms with E-state index < -0.39 is 11.5 Å². The highest BCUT2D eigenvalue weighted by Gasteiger charge is 2.46. The molecule has 0 saturated carbocycles. The van der Waals surface area contributed by atoms with Gasteiger partial charge in [-0.1, -0.05) is 77.8 Å². The van der Waals surface area contributed by atoms with E-state index >= 15 is 0 Å².